The summed E-state index contributed by atoms with van der Waals surface area (Å²) in [4.78, 5) is 34.5. The highest BCUT2D eigenvalue weighted by molar-refractivity contribution is 7.11. The van der Waals surface area contributed by atoms with Gasteiger partial charge in [0, 0.05) is 6.54 Å². The van der Waals surface area contributed by atoms with E-state index in [0.717, 1.165) is 0 Å². The lowest BCUT2D eigenvalue weighted by atomic mass is 10.3. The van der Waals surface area contributed by atoms with Crippen molar-refractivity contribution < 1.29 is 19.1 Å². The molecule has 1 rings (SSSR count). The zero-order chi connectivity index (χ0) is 13.5. The zero-order valence-corrected chi connectivity index (χ0v) is 10.9. The number of rotatable bonds is 4. The molecule has 1 atom stereocenters. The normalized spacial score (nSPS) is 11.4. The second kappa shape index (κ2) is 6.75. The van der Waals surface area contributed by atoms with Crippen molar-refractivity contribution in [2.24, 2.45) is 0 Å². The van der Waals surface area contributed by atoms with E-state index < -0.39 is 24.0 Å². The fourth-order valence-electron chi connectivity index (χ4n) is 1.09. The molecule has 98 valence electrons. The fraction of sp³-hybridized carbons (Fsp3) is 0.364. The average Bonchev–Trinajstić information content (AvgIpc) is 2.82. The van der Waals surface area contributed by atoms with Crippen molar-refractivity contribution in [3.05, 3.63) is 22.4 Å². The van der Waals surface area contributed by atoms with Crippen LogP contribution in [0.4, 0.5) is 4.79 Å². The summed E-state index contributed by atoms with van der Waals surface area (Å²) < 4.78 is 4.91. The number of nitrogens with one attached hydrogen (secondary N) is 2. The van der Waals surface area contributed by atoms with Crippen molar-refractivity contribution in [3.8, 4) is 0 Å². The largest absolute Gasteiger partial charge is 0.448 e. The molecular weight excluding hydrogens is 256 g/mol. The van der Waals surface area contributed by atoms with Crippen LogP contribution in [0.25, 0.3) is 0 Å². The first-order valence-corrected chi connectivity index (χ1v) is 6.25. The molecule has 7 heteroatoms. The predicted molar refractivity (Wildman–Crippen MR) is 66.4 cm³/mol. The van der Waals surface area contributed by atoms with Gasteiger partial charge in [-0.3, -0.25) is 10.1 Å². The molecular formula is C11H14N2O4S. The smallest absolute Gasteiger partial charge is 0.349 e. The minimum atomic E-state index is -1.03. The first-order valence-electron chi connectivity index (χ1n) is 5.37. The Labute approximate surface area is 108 Å². The van der Waals surface area contributed by atoms with Gasteiger partial charge in [-0.2, -0.15) is 0 Å². The molecule has 1 unspecified atom stereocenters. The molecule has 0 saturated carbocycles. The second-order valence-electron chi connectivity index (χ2n) is 3.37. The molecule has 0 spiro atoms. The van der Waals surface area contributed by atoms with Gasteiger partial charge in [0.1, 0.15) is 4.88 Å². The summed E-state index contributed by atoms with van der Waals surface area (Å²) in [5, 5.41) is 6.20. The predicted octanol–water partition coefficient (Wildman–Crippen LogP) is 1.14. The van der Waals surface area contributed by atoms with Gasteiger partial charge in [0.15, 0.2) is 6.10 Å². The summed E-state index contributed by atoms with van der Waals surface area (Å²) in [7, 11) is 0. The van der Waals surface area contributed by atoms with Gasteiger partial charge in [0.25, 0.3) is 5.91 Å². The van der Waals surface area contributed by atoms with Gasteiger partial charge >= 0.3 is 12.0 Å². The Balaban J connectivity index is 2.45. The summed E-state index contributed by atoms with van der Waals surface area (Å²) in [6.45, 7) is 3.53. The van der Waals surface area contributed by atoms with Gasteiger partial charge in [-0.25, -0.2) is 9.59 Å². The fourth-order valence-corrected chi connectivity index (χ4v) is 1.69. The third kappa shape index (κ3) is 4.17. The maximum atomic E-state index is 11.5. The minimum absolute atomic E-state index is 0.405. The van der Waals surface area contributed by atoms with E-state index in [1.165, 1.54) is 18.3 Å². The van der Waals surface area contributed by atoms with E-state index in [0.29, 0.717) is 11.4 Å². The SMILES string of the molecule is CCNC(=O)NC(=O)C(C)OC(=O)c1cccs1. The lowest BCUT2D eigenvalue weighted by molar-refractivity contribution is -0.127. The number of esters is 1. The molecule has 0 aliphatic carbocycles. The number of hydrogen-bond donors (Lipinski definition) is 2. The highest BCUT2D eigenvalue weighted by Crippen LogP contribution is 2.11. The molecule has 1 aromatic rings. The van der Waals surface area contributed by atoms with E-state index in [1.54, 1.807) is 24.4 Å². The van der Waals surface area contributed by atoms with E-state index in [1.807, 2.05) is 0 Å². The Morgan fingerprint density at radius 2 is 2.17 bits per heavy atom. The van der Waals surface area contributed by atoms with Gasteiger partial charge in [-0.05, 0) is 25.3 Å². The van der Waals surface area contributed by atoms with Gasteiger partial charge in [0.05, 0.1) is 0 Å². The van der Waals surface area contributed by atoms with Gasteiger partial charge in [-0.1, -0.05) is 6.07 Å². The monoisotopic (exact) mass is 270 g/mol. The number of hydrogen-bond acceptors (Lipinski definition) is 5. The molecule has 0 bridgehead atoms. The standard InChI is InChI=1S/C11H14N2O4S/c1-3-12-11(16)13-9(14)7(2)17-10(15)8-5-4-6-18-8/h4-7H,3H2,1-2H3,(H2,12,13,14,16). The van der Waals surface area contributed by atoms with Crippen LogP contribution in [0, 0.1) is 0 Å². The van der Waals surface area contributed by atoms with Crippen LogP contribution in [0.15, 0.2) is 17.5 Å². The van der Waals surface area contributed by atoms with Crippen molar-refractivity contribution in [1.29, 1.82) is 0 Å². The zero-order valence-electron chi connectivity index (χ0n) is 10.1. The van der Waals surface area contributed by atoms with Crippen LogP contribution < -0.4 is 10.6 Å². The number of ether oxygens (including phenoxy) is 1. The number of imide groups is 1. The Morgan fingerprint density at radius 1 is 1.44 bits per heavy atom. The van der Waals surface area contributed by atoms with Gasteiger partial charge < -0.3 is 10.1 Å². The molecule has 0 aromatic carbocycles. The summed E-state index contributed by atoms with van der Waals surface area (Å²) in [6, 6.07) is 2.70. The first-order chi connectivity index (χ1) is 8.54. The summed E-state index contributed by atoms with van der Waals surface area (Å²) in [5.74, 6) is -1.24. The molecule has 6 nitrogen and oxygen atoms in total. The third-order valence-electron chi connectivity index (χ3n) is 1.95. The Kier molecular flexibility index (Phi) is 5.31. The molecule has 0 aliphatic rings. The second-order valence-corrected chi connectivity index (χ2v) is 4.32. The molecule has 3 amide bonds. The quantitative estimate of drug-likeness (QED) is 0.803. The number of carbonyl (C=O) groups is 3. The molecule has 0 aliphatic heterocycles. The number of carbonyl (C=O) groups excluding carboxylic acids is 3. The van der Waals surface area contributed by atoms with Crippen molar-refractivity contribution in [2.75, 3.05) is 6.54 Å². The van der Waals surface area contributed by atoms with E-state index >= 15 is 0 Å². The lowest BCUT2D eigenvalue weighted by Gasteiger charge is -2.12. The van der Waals surface area contributed by atoms with Gasteiger partial charge in [-0.15, -0.1) is 11.3 Å². The molecule has 0 fully saturated rings. The topological polar surface area (TPSA) is 84.5 Å². The first kappa shape index (κ1) is 14.2. The van der Waals surface area contributed by atoms with Crippen LogP contribution in [0.2, 0.25) is 0 Å². The number of amides is 3. The van der Waals surface area contributed by atoms with E-state index in [2.05, 4.69) is 10.6 Å². The van der Waals surface area contributed by atoms with Crippen molar-refractivity contribution >= 4 is 29.2 Å². The van der Waals surface area contributed by atoms with Gasteiger partial charge in [0.2, 0.25) is 0 Å². The molecule has 2 N–H and O–H groups in total. The number of thiophene rings is 1. The van der Waals surface area contributed by atoms with Crippen molar-refractivity contribution in [1.82, 2.24) is 10.6 Å². The third-order valence-corrected chi connectivity index (χ3v) is 2.80. The average molecular weight is 270 g/mol. The maximum Gasteiger partial charge on any atom is 0.349 e. The van der Waals surface area contributed by atoms with Crippen LogP contribution in [-0.4, -0.2) is 30.6 Å². The molecule has 1 heterocycles. The summed E-state index contributed by atoms with van der Waals surface area (Å²) in [6.07, 6.45) is -1.03. The summed E-state index contributed by atoms with van der Waals surface area (Å²) >= 11 is 1.22. The Bertz CT molecular complexity index is 430. The maximum absolute atomic E-state index is 11.5. The van der Waals surface area contributed by atoms with Crippen LogP contribution in [0.1, 0.15) is 23.5 Å². The molecule has 1 aromatic heterocycles. The van der Waals surface area contributed by atoms with E-state index in [-0.39, 0.29) is 0 Å². The Hall–Kier alpha value is -1.89. The van der Waals surface area contributed by atoms with E-state index in [4.69, 9.17) is 4.74 Å². The van der Waals surface area contributed by atoms with Crippen LogP contribution in [-0.2, 0) is 9.53 Å². The Morgan fingerprint density at radius 3 is 2.72 bits per heavy atom. The highest BCUT2D eigenvalue weighted by atomic mass is 32.1. The minimum Gasteiger partial charge on any atom is -0.448 e. The highest BCUT2D eigenvalue weighted by Gasteiger charge is 2.20. The summed E-state index contributed by atoms with van der Waals surface area (Å²) in [5.41, 5.74) is 0. The van der Waals surface area contributed by atoms with Crippen molar-refractivity contribution in [3.63, 3.8) is 0 Å². The molecule has 18 heavy (non-hydrogen) atoms. The van der Waals surface area contributed by atoms with Crippen LogP contribution in [0.5, 0.6) is 0 Å². The van der Waals surface area contributed by atoms with Crippen LogP contribution >= 0.6 is 11.3 Å². The van der Waals surface area contributed by atoms with Crippen LogP contribution in [0.3, 0.4) is 0 Å². The lowest BCUT2D eigenvalue weighted by Crippen LogP contribution is -2.44. The van der Waals surface area contributed by atoms with E-state index in [9.17, 15) is 14.4 Å². The molecule has 0 radical (unpaired) electrons. The number of urea groups is 1. The van der Waals surface area contributed by atoms with Crippen molar-refractivity contribution in [2.45, 2.75) is 20.0 Å². The molecule has 0 saturated heterocycles.